The van der Waals surface area contributed by atoms with E-state index in [9.17, 15) is 0 Å². The van der Waals surface area contributed by atoms with Gasteiger partial charge in [-0.3, -0.25) is 4.98 Å². The number of nitrogens with zero attached hydrogens (tertiary/aromatic N) is 4. The lowest BCUT2D eigenvalue weighted by molar-refractivity contribution is 0.459. The van der Waals surface area contributed by atoms with Crippen molar-refractivity contribution in [3.8, 4) is 11.6 Å². The van der Waals surface area contributed by atoms with Gasteiger partial charge in [0.05, 0.1) is 27.7 Å². The van der Waals surface area contributed by atoms with E-state index in [0.29, 0.717) is 5.88 Å². The van der Waals surface area contributed by atoms with Crippen molar-refractivity contribution < 1.29 is 4.74 Å². The van der Waals surface area contributed by atoms with Crippen molar-refractivity contribution in [2.75, 3.05) is 13.6 Å². The number of ether oxygens (including phenoxy) is 1. The third-order valence-electron chi connectivity index (χ3n) is 4.13. The van der Waals surface area contributed by atoms with Crippen molar-refractivity contribution in [2.24, 2.45) is 4.99 Å². The molecule has 27 heavy (non-hydrogen) atoms. The fourth-order valence-corrected chi connectivity index (χ4v) is 3.40. The van der Waals surface area contributed by atoms with E-state index in [0.717, 1.165) is 48.2 Å². The number of aliphatic imine (C=N–C) groups is 1. The van der Waals surface area contributed by atoms with Gasteiger partial charge in [-0.25, -0.2) is 9.98 Å². The summed E-state index contributed by atoms with van der Waals surface area (Å²) >= 11 is 5.82. The van der Waals surface area contributed by atoms with Crippen molar-refractivity contribution in [1.82, 2.24) is 14.9 Å². The zero-order valence-electron chi connectivity index (χ0n) is 15.6. The van der Waals surface area contributed by atoms with Crippen LogP contribution in [0.4, 0.5) is 5.69 Å². The number of aryl methyl sites for hydroxylation is 2. The van der Waals surface area contributed by atoms with Gasteiger partial charge < -0.3 is 9.64 Å². The van der Waals surface area contributed by atoms with Crippen LogP contribution in [0.5, 0.6) is 11.6 Å². The van der Waals surface area contributed by atoms with Crippen molar-refractivity contribution in [3.05, 3.63) is 49.8 Å². The molecule has 0 radical (unpaired) electrons. The van der Waals surface area contributed by atoms with Crippen molar-refractivity contribution >= 4 is 61.4 Å². The van der Waals surface area contributed by atoms with Crippen LogP contribution in [-0.4, -0.2) is 34.8 Å². The number of pyridine rings is 2. The molecular formula is C20H20BrIN4O. The Kier molecular flexibility index (Phi) is 6.31. The molecule has 0 amide bonds. The summed E-state index contributed by atoms with van der Waals surface area (Å²) in [6, 6.07) is 7.99. The molecule has 0 aliphatic carbocycles. The molecule has 0 aliphatic rings. The van der Waals surface area contributed by atoms with Crippen LogP contribution in [0.25, 0.3) is 10.9 Å². The normalized spacial score (nSPS) is 11.3. The number of halogens is 2. The monoisotopic (exact) mass is 538 g/mol. The van der Waals surface area contributed by atoms with Crippen LogP contribution in [0.15, 0.2) is 39.9 Å². The lowest BCUT2D eigenvalue weighted by atomic mass is 10.1. The van der Waals surface area contributed by atoms with E-state index in [1.807, 2.05) is 50.2 Å². The zero-order valence-corrected chi connectivity index (χ0v) is 19.4. The third kappa shape index (κ3) is 4.76. The lowest BCUT2D eigenvalue weighted by Crippen LogP contribution is -2.14. The molecule has 0 spiro atoms. The maximum atomic E-state index is 6.07. The molecule has 0 bridgehead atoms. The van der Waals surface area contributed by atoms with Crippen molar-refractivity contribution in [1.29, 1.82) is 0 Å². The molecule has 0 aliphatic heterocycles. The minimum absolute atomic E-state index is 0.521. The summed E-state index contributed by atoms with van der Waals surface area (Å²) in [7, 11) is 1.98. The fourth-order valence-electron chi connectivity index (χ4n) is 2.54. The van der Waals surface area contributed by atoms with Crippen LogP contribution in [-0.2, 0) is 0 Å². The molecule has 0 N–H and O–H groups in total. The molecule has 3 aromatic rings. The zero-order chi connectivity index (χ0) is 19.6. The summed E-state index contributed by atoms with van der Waals surface area (Å²) in [4.78, 5) is 15.6. The van der Waals surface area contributed by atoms with Gasteiger partial charge in [0, 0.05) is 28.7 Å². The summed E-state index contributed by atoms with van der Waals surface area (Å²) in [5.74, 6) is 1.26. The highest BCUT2D eigenvalue weighted by Crippen LogP contribution is 2.34. The smallest absolute Gasteiger partial charge is 0.233 e. The lowest BCUT2D eigenvalue weighted by Gasteiger charge is -2.12. The van der Waals surface area contributed by atoms with Gasteiger partial charge in [-0.2, -0.15) is 0 Å². The van der Waals surface area contributed by atoms with Crippen LogP contribution in [0.1, 0.15) is 18.2 Å². The highest BCUT2D eigenvalue weighted by Gasteiger charge is 2.11. The number of aromatic nitrogens is 2. The summed E-state index contributed by atoms with van der Waals surface area (Å²) in [6.45, 7) is 6.93. The van der Waals surface area contributed by atoms with E-state index < -0.39 is 0 Å². The molecule has 7 heteroatoms. The van der Waals surface area contributed by atoms with Gasteiger partial charge in [0.2, 0.25) is 5.88 Å². The molecule has 1 aromatic carbocycles. The van der Waals surface area contributed by atoms with E-state index in [1.165, 1.54) is 0 Å². The molecule has 140 valence electrons. The van der Waals surface area contributed by atoms with Gasteiger partial charge in [0.15, 0.2) is 0 Å². The molecule has 2 aromatic heterocycles. The van der Waals surface area contributed by atoms with Crippen LogP contribution in [0.3, 0.4) is 0 Å². The summed E-state index contributed by atoms with van der Waals surface area (Å²) in [5.41, 5.74) is 3.66. The molecule has 0 saturated carbocycles. The standard InChI is InChI=1S/C20H20BrIN4O/c1-5-26(4)11-24-18-9-17(21)20(25-13(18)3)27-16-6-12(2)19-14(8-16)7-15(22)10-23-19/h6-11H,5H2,1-4H3. The van der Waals surface area contributed by atoms with Crippen LogP contribution < -0.4 is 4.74 Å². The van der Waals surface area contributed by atoms with Gasteiger partial charge in [0.25, 0.3) is 0 Å². The summed E-state index contributed by atoms with van der Waals surface area (Å²) in [6.07, 6.45) is 3.67. The SMILES string of the molecule is CCN(C)C=Nc1cc(Br)c(Oc2cc(C)c3ncc(I)cc3c2)nc1C. The highest BCUT2D eigenvalue weighted by molar-refractivity contribution is 14.1. The highest BCUT2D eigenvalue weighted by atomic mass is 127. The first-order chi connectivity index (χ1) is 12.9. The Bertz CT molecular complexity index is 1020. The topological polar surface area (TPSA) is 50.6 Å². The Morgan fingerprint density at radius 3 is 2.78 bits per heavy atom. The molecule has 2 heterocycles. The van der Waals surface area contributed by atoms with Gasteiger partial charge in [-0.15, -0.1) is 0 Å². The molecular weight excluding hydrogens is 519 g/mol. The molecule has 0 atom stereocenters. The number of hydrogen-bond acceptors (Lipinski definition) is 4. The van der Waals surface area contributed by atoms with Crippen molar-refractivity contribution in [2.45, 2.75) is 20.8 Å². The first-order valence-electron chi connectivity index (χ1n) is 8.52. The fraction of sp³-hybridized carbons (Fsp3) is 0.250. The predicted molar refractivity (Wildman–Crippen MR) is 122 cm³/mol. The second kappa shape index (κ2) is 8.52. The first-order valence-corrected chi connectivity index (χ1v) is 10.4. The van der Waals surface area contributed by atoms with E-state index in [1.54, 1.807) is 6.34 Å². The van der Waals surface area contributed by atoms with E-state index >= 15 is 0 Å². The van der Waals surface area contributed by atoms with Crippen molar-refractivity contribution in [3.63, 3.8) is 0 Å². The molecule has 0 saturated heterocycles. The molecule has 5 nitrogen and oxygen atoms in total. The Morgan fingerprint density at radius 2 is 2.04 bits per heavy atom. The third-order valence-corrected chi connectivity index (χ3v) is 5.29. The van der Waals surface area contributed by atoms with Gasteiger partial charge in [0.1, 0.15) is 5.75 Å². The minimum atomic E-state index is 0.521. The average Bonchev–Trinajstić information content (AvgIpc) is 2.62. The summed E-state index contributed by atoms with van der Waals surface area (Å²) < 4.78 is 7.92. The Hall–Kier alpha value is -1.74. The van der Waals surface area contributed by atoms with Gasteiger partial charge in [-0.05, 0) is 89.1 Å². The largest absolute Gasteiger partial charge is 0.438 e. The average molecular weight is 539 g/mol. The number of benzene rings is 1. The number of hydrogen-bond donors (Lipinski definition) is 0. The van der Waals surface area contributed by atoms with E-state index in [2.05, 4.69) is 66.5 Å². The van der Waals surface area contributed by atoms with Crippen LogP contribution >= 0.6 is 38.5 Å². The molecule has 3 rings (SSSR count). The Labute approximate surface area is 181 Å². The van der Waals surface area contributed by atoms with E-state index in [4.69, 9.17) is 4.74 Å². The Balaban J connectivity index is 1.93. The second-order valence-electron chi connectivity index (χ2n) is 6.27. The van der Waals surface area contributed by atoms with Crippen LogP contribution in [0.2, 0.25) is 0 Å². The predicted octanol–water partition coefficient (Wildman–Crippen LogP) is 6.02. The number of rotatable bonds is 5. The van der Waals surface area contributed by atoms with E-state index in [-0.39, 0.29) is 0 Å². The first kappa shape index (κ1) is 20.0. The Morgan fingerprint density at radius 1 is 1.26 bits per heavy atom. The maximum Gasteiger partial charge on any atom is 0.233 e. The second-order valence-corrected chi connectivity index (χ2v) is 8.37. The molecule has 0 unspecified atom stereocenters. The maximum absolute atomic E-state index is 6.07. The quantitative estimate of drug-likeness (QED) is 0.226. The minimum Gasteiger partial charge on any atom is -0.438 e. The molecule has 0 fully saturated rings. The van der Waals surface area contributed by atoms with Crippen LogP contribution in [0, 0.1) is 17.4 Å². The number of fused-ring (bicyclic) bond motifs is 1. The van der Waals surface area contributed by atoms with Gasteiger partial charge >= 0.3 is 0 Å². The van der Waals surface area contributed by atoms with Gasteiger partial charge in [-0.1, -0.05) is 0 Å². The summed E-state index contributed by atoms with van der Waals surface area (Å²) in [5, 5.41) is 1.05.